The highest BCUT2D eigenvalue weighted by Crippen LogP contribution is 2.21. The summed E-state index contributed by atoms with van der Waals surface area (Å²) in [6, 6.07) is 5.79. The van der Waals surface area contributed by atoms with Gasteiger partial charge in [0.2, 0.25) is 0 Å². The molecule has 0 bridgehead atoms. The van der Waals surface area contributed by atoms with E-state index in [1.807, 2.05) is 12.1 Å². The van der Waals surface area contributed by atoms with Crippen LogP contribution < -0.4 is 5.32 Å². The molecule has 1 aromatic heterocycles. The summed E-state index contributed by atoms with van der Waals surface area (Å²) in [5, 5.41) is 21.8. The van der Waals surface area contributed by atoms with Crippen LogP contribution >= 0.6 is 0 Å². The van der Waals surface area contributed by atoms with Gasteiger partial charge in [-0.25, -0.2) is 0 Å². The minimum atomic E-state index is -0.514. The van der Waals surface area contributed by atoms with Gasteiger partial charge in [-0.05, 0) is 29.5 Å². The average Bonchev–Trinajstić information content (AvgIpc) is 2.37. The molecule has 4 heteroatoms. The monoisotopic (exact) mass is 247 g/mol. The van der Waals surface area contributed by atoms with E-state index in [2.05, 4.69) is 30.2 Å². The lowest BCUT2D eigenvalue weighted by molar-refractivity contribution is 0.167. The Labute approximate surface area is 109 Å². The molecule has 1 aromatic rings. The van der Waals surface area contributed by atoms with Crippen LogP contribution in [0.3, 0.4) is 0 Å². The van der Waals surface area contributed by atoms with Crippen LogP contribution in [0.2, 0.25) is 0 Å². The summed E-state index contributed by atoms with van der Waals surface area (Å²) in [4.78, 5) is 3.92. The first-order valence-electron chi connectivity index (χ1n) is 6.21. The molecule has 0 fully saturated rings. The molecule has 0 amide bonds. The van der Waals surface area contributed by atoms with Gasteiger partial charge in [-0.2, -0.15) is 5.26 Å². The van der Waals surface area contributed by atoms with Crippen LogP contribution in [0, 0.1) is 16.7 Å². The third-order valence-electron chi connectivity index (χ3n) is 2.95. The van der Waals surface area contributed by atoms with Crippen molar-refractivity contribution < 1.29 is 5.11 Å². The van der Waals surface area contributed by atoms with E-state index in [9.17, 15) is 5.11 Å². The van der Waals surface area contributed by atoms with E-state index >= 15 is 0 Å². The third kappa shape index (κ3) is 5.26. The quantitative estimate of drug-likeness (QED) is 0.773. The largest absolute Gasteiger partial charge is 0.387 e. The van der Waals surface area contributed by atoms with E-state index in [1.165, 1.54) is 0 Å². The van der Waals surface area contributed by atoms with Crippen LogP contribution in [0.1, 0.15) is 38.4 Å². The van der Waals surface area contributed by atoms with Gasteiger partial charge in [0, 0.05) is 31.9 Å². The van der Waals surface area contributed by atoms with Crippen LogP contribution in [0.5, 0.6) is 0 Å². The SMILES string of the molecule is CC(C)(CCC#N)CNCC(O)c1ccncc1. The Bertz CT molecular complexity index is 384. The van der Waals surface area contributed by atoms with E-state index in [1.54, 1.807) is 12.4 Å². The summed E-state index contributed by atoms with van der Waals surface area (Å²) >= 11 is 0. The molecular formula is C14H21N3O. The van der Waals surface area contributed by atoms with Crippen LogP contribution in [0.15, 0.2) is 24.5 Å². The lowest BCUT2D eigenvalue weighted by Crippen LogP contribution is -2.32. The van der Waals surface area contributed by atoms with Gasteiger partial charge < -0.3 is 10.4 Å². The van der Waals surface area contributed by atoms with Crippen molar-refractivity contribution in [1.29, 1.82) is 5.26 Å². The van der Waals surface area contributed by atoms with Crippen molar-refractivity contribution in [3.8, 4) is 6.07 Å². The van der Waals surface area contributed by atoms with Gasteiger partial charge in [0.25, 0.3) is 0 Å². The van der Waals surface area contributed by atoms with Gasteiger partial charge in [-0.1, -0.05) is 13.8 Å². The van der Waals surface area contributed by atoms with Crippen molar-refractivity contribution in [2.45, 2.75) is 32.8 Å². The van der Waals surface area contributed by atoms with E-state index in [0.29, 0.717) is 13.0 Å². The number of nitriles is 1. The second-order valence-corrected chi connectivity index (χ2v) is 5.25. The smallest absolute Gasteiger partial charge is 0.0915 e. The number of nitrogens with zero attached hydrogens (tertiary/aromatic N) is 2. The lowest BCUT2D eigenvalue weighted by atomic mass is 9.88. The Morgan fingerprint density at radius 3 is 2.72 bits per heavy atom. The summed E-state index contributed by atoms with van der Waals surface area (Å²) < 4.78 is 0. The first kappa shape index (κ1) is 14.6. The van der Waals surface area contributed by atoms with Gasteiger partial charge in [0.1, 0.15) is 0 Å². The van der Waals surface area contributed by atoms with Gasteiger partial charge in [0.15, 0.2) is 0 Å². The molecule has 1 atom stereocenters. The Morgan fingerprint density at radius 2 is 2.11 bits per heavy atom. The fourth-order valence-electron chi connectivity index (χ4n) is 1.73. The van der Waals surface area contributed by atoms with Crippen LogP contribution in [0.4, 0.5) is 0 Å². The standard InChI is InChI=1S/C14H21N3O/c1-14(2,6-3-7-15)11-17-10-13(18)12-4-8-16-9-5-12/h4-5,8-9,13,17-18H,3,6,10-11H2,1-2H3. The maximum Gasteiger partial charge on any atom is 0.0915 e. The van der Waals surface area contributed by atoms with E-state index in [-0.39, 0.29) is 5.41 Å². The zero-order chi connectivity index (χ0) is 13.4. The van der Waals surface area contributed by atoms with Crippen molar-refractivity contribution in [3.63, 3.8) is 0 Å². The van der Waals surface area contributed by atoms with Crippen molar-refractivity contribution in [2.75, 3.05) is 13.1 Å². The van der Waals surface area contributed by atoms with Crippen molar-refractivity contribution >= 4 is 0 Å². The summed E-state index contributed by atoms with van der Waals surface area (Å²) in [5.41, 5.74) is 0.945. The van der Waals surface area contributed by atoms with Crippen LogP contribution in [-0.2, 0) is 0 Å². The maximum absolute atomic E-state index is 9.95. The molecule has 0 saturated carbocycles. The molecule has 1 heterocycles. The topological polar surface area (TPSA) is 68.9 Å². The van der Waals surface area contributed by atoms with E-state index in [0.717, 1.165) is 18.5 Å². The highest BCUT2D eigenvalue weighted by Gasteiger charge is 2.17. The molecule has 0 radical (unpaired) electrons. The van der Waals surface area contributed by atoms with Gasteiger partial charge in [-0.15, -0.1) is 0 Å². The maximum atomic E-state index is 9.95. The summed E-state index contributed by atoms with van der Waals surface area (Å²) in [7, 11) is 0. The number of hydrogen-bond donors (Lipinski definition) is 2. The Morgan fingerprint density at radius 1 is 1.44 bits per heavy atom. The predicted molar refractivity (Wildman–Crippen MR) is 70.7 cm³/mol. The molecule has 0 spiro atoms. The number of nitrogens with one attached hydrogen (secondary N) is 1. The molecule has 0 aliphatic heterocycles. The Hall–Kier alpha value is -1.44. The fraction of sp³-hybridized carbons (Fsp3) is 0.571. The summed E-state index contributed by atoms with van der Waals surface area (Å²) in [6.45, 7) is 5.54. The summed E-state index contributed by atoms with van der Waals surface area (Å²) in [5.74, 6) is 0. The molecule has 1 rings (SSSR count). The molecule has 0 aromatic carbocycles. The molecule has 0 aliphatic carbocycles. The summed E-state index contributed by atoms with van der Waals surface area (Å²) in [6.07, 6.45) is 4.27. The molecule has 98 valence electrons. The number of aromatic nitrogens is 1. The molecule has 2 N–H and O–H groups in total. The Balaban J connectivity index is 2.32. The average molecular weight is 247 g/mol. The number of hydrogen-bond acceptors (Lipinski definition) is 4. The van der Waals surface area contributed by atoms with Crippen LogP contribution in [-0.4, -0.2) is 23.2 Å². The second kappa shape index (κ2) is 7.10. The lowest BCUT2D eigenvalue weighted by Gasteiger charge is -2.24. The van der Waals surface area contributed by atoms with Crippen molar-refractivity contribution in [2.24, 2.45) is 5.41 Å². The molecule has 4 nitrogen and oxygen atoms in total. The highest BCUT2D eigenvalue weighted by molar-refractivity contribution is 5.13. The van der Waals surface area contributed by atoms with Gasteiger partial charge in [-0.3, -0.25) is 4.98 Å². The van der Waals surface area contributed by atoms with Gasteiger partial charge >= 0.3 is 0 Å². The molecule has 18 heavy (non-hydrogen) atoms. The predicted octanol–water partition coefficient (Wildman–Crippen LogP) is 2.03. The van der Waals surface area contributed by atoms with Crippen molar-refractivity contribution in [3.05, 3.63) is 30.1 Å². The minimum Gasteiger partial charge on any atom is -0.387 e. The molecule has 0 aliphatic rings. The second-order valence-electron chi connectivity index (χ2n) is 5.25. The number of pyridine rings is 1. The first-order valence-corrected chi connectivity index (χ1v) is 6.21. The number of aliphatic hydroxyl groups is 1. The number of aliphatic hydroxyl groups excluding tert-OH is 1. The van der Waals surface area contributed by atoms with Crippen molar-refractivity contribution in [1.82, 2.24) is 10.3 Å². The van der Waals surface area contributed by atoms with E-state index < -0.39 is 6.10 Å². The fourth-order valence-corrected chi connectivity index (χ4v) is 1.73. The highest BCUT2D eigenvalue weighted by atomic mass is 16.3. The molecular weight excluding hydrogens is 226 g/mol. The minimum absolute atomic E-state index is 0.0771. The van der Waals surface area contributed by atoms with E-state index in [4.69, 9.17) is 5.26 Å². The molecule has 1 unspecified atom stereocenters. The molecule has 0 saturated heterocycles. The zero-order valence-electron chi connectivity index (χ0n) is 11.1. The van der Waals surface area contributed by atoms with Crippen LogP contribution in [0.25, 0.3) is 0 Å². The Kier molecular flexibility index (Phi) is 5.76. The third-order valence-corrected chi connectivity index (χ3v) is 2.95. The van der Waals surface area contributed by atoms with Gasteiger partial charge in [0.05, 0.1) is 12.2 Å². The zero-order valence-corrected chi connectivity index (χ0v) is 11.1. The first-order chi connectivity index (χ1) is 8.55. The normalized spacial score (nSPS) is 13.0. The number of rotatable bonds is 7.